The molecule has 1 aromatic carbocycles. The molecule has 0 N–H and O–H groups in total. The first-order valence-electron chi connectivity index (χ1n) is 7.69. The Morgan fingerprint density at radius 3 is 2.62 bits per heavy atom. The number of fused-ring (bicyclic) bond motifs is 1. The minimum absolute atomic E-state index is 0.0496. The molecular formula is C18H16N3O2S-. The van der Waals surface area contributed by atoms with Gasteiger partial charge in [0.15, 0.2) is 0 Å². The van der Waals surface area contributed by atoms with Gasteiger partial charge in [0, 0.05) is 23.4 Å². The SMILES string of the molecule is CCc1ccc2c(-c3ccc(C#N)cc3)cc(CCS(=O)[O-])nn12. The summed E-state index contributed by atoms with van der Waals surface area (Å²) < 4.78 is 23.6. The molecule has 0 amide bonds. The van der Waals surface area contributed by atoms with Gasteiger partial charge in [0.1, 0.15) is 0 Å². The summed E-state index contributed by atoms with van der Waals surface area (Å²) in [5.74, 6) is 0.0496. The van der Waals surface area contributed by atoms with Crippen molar-refractivity contribution in [3.05, 3.63) is 59.4 Å². The third-order valence-corrected chi connectivity index (χ3v) is 4.50. The smallest absolute Gasteiger partial charge is 0.0991 e. The van der Waals surface area contributed by atoms with E-state index in [0.717, 1.165) is 34.5 Å². The molecular weight excluding hydrogens is 322 g/mol. The van der Waals surface area contributed by atoms with E-state index in [4.69, 9.17) is 5.26 Å². The lowest BCUT2D eigenvalue weighted by atomic mass is 10.0. The summed E-state index contributed by atoms with van der Waals surface area (Å²) in [5.41, 5.74) is 5.36. The Morgan fingerprint density at radius 2 is 2.00 bits per heavy atom. The standard InChI is InChI=1S/C18H17N3O2S/c1-2-16-7-8-18-17(14-5-3-13(12-19)4-6-14)11-15(20-21(16)18)9-10-24(22)23/h3-8,11H,2,9-10H2,1H3,(H,22,23)/p-1. The van der Waals surface area contributed by atoms with Gasteiger partial charge in [-0.1, -0.05) is 30.1 Å². The van der Waals surface area contributed by atoms with Crippen molar-refractivity contribution in [1.29, 1.82) is 5.26 Å². The summed E-state index contributed by atoms with van der Waals surface area (Å²) in [7, 11) is 0. The summed E-state index contributed by atoms with van der Waals surface area (Å²) in [4.78, 5) is 0. The highest BCUT2D eigenvalue weighted by Crippen LogP contribution is 2.27. The van der Waals surface area contributed by atoms with Crippen LogP contribution in [0.4, 0.5) is 0 Å². The molecule has 6 heteroatoms. The highest BCUT2D eigenvalue weighted by molar-refractivity contribution is 7.79. The van der Waals surface area contributed by atoms with Gasteiger partial charge in [-0.2, -0.15) is 10.4 Å². The topological polar surface area (TPSA) is 81.2 Å². The van der Waals surface area contributed by atoms with E-state index in [1.165, 1.54) is 0 Å². The zero-order chi connectivity index (χ0) is 17.1. The second kappa shape index (κ2) is 6.95. The van der Waals surface area contributed by atoms with E-state index in [9.17, 15) is 8.76 Å². The molecule has 3 rings (SSSR count). The Hall–Kier alpha value is -2.49. The molecule has 3 aromatic rings. The average Bonchev–Trinajstić information content (AvgIpc) is 3.02. The number of aryl methyl sites for hydroxylation is 2. The van der Waals surface area contributed by atoms with Crippen LogP contribution < -0.4 is 0 Å². The second-order valence-corrected chi connectivity index (χ2v) is 6.49. The number of rotatable bonds is 5. The number of nitriles is 1. The quantitative estimate of drug-likeness (QED) is 0.670. The molecule has 0 saturated carbocycles. The molecule has 0 aliphatic heterocycles. The number of aromatic nitrogens is 2. The molecule has 1 atom stereocenters. The second-order valence-electron chi connectivity index (χ2n) is 5.47. The van der Waals surface area contributed by atoms with Gasteiger partial charge in [-0.15, -0.1) is 0 Å². The van der Waals surface area contributed by atoms with Crippen LogP contribution in [0.25, 0.3) is 16.6 Å². The van der Waals surface area contributed by atoms with E-state index in [2.05, 4.69) is 18.1 Å². The minimum Gasteiger partial charge on any atom is -0.772 e. The summed E-state index contributed by atoms with van der Waals surface area (Å²) in [5, 5.41) is 13.5. The van der Waals surface area contributed by atoms with Crippen molar-refractivity contribution >= 4 is 16.6 Å². The van der Waals surface area contributed by atoms with Crippen LogP contribution in [0.1, 0.15) is 23.9 Å². The van der Waals surface area contributed by atoms with Crippen molar-refractivity contribution in [1.82, 2.24) is 9.61 Å². The molecule has 0 saturated heterocycles. The molecule has 122 valence electrons. The monoisotopic (exact) mass is 338 g/mol. The molecule has 24 heavy (non-hydrogen) atoms. The normalized spacial score (nSPS) is 12.2. The molecule has 0 fully saturated rings. The summed E-state index contributed by atoms with van der Waals surface area (Å²) in [6, 6.07) is 15.5. The van der Waals surface area contributed by atoms with Crippen LogP contribution in [0.15, 0.2) is 42.5 Å². The van der Waals surface area contributed by atoms with Crippen LogP contribution in [0.2, 0.25) is 0 Å². The molecule has 2 aromatic heterocycles. The lowest BCUT2D eigenvalue weighted by Crippen LogP contribution is -2.06. The van der Waals surface area contributed by atoms with Crippen molar-refractivity contribution in [3.63, 3.8) is 0 Å². The fourth-order valence-corrected chi connectivity index (χ4v) is 3.10. The van der Waals surface area contributed by atoms with Crippen molar-refractivity contribution in [2.24, 2.45) is 0 Å². The van der Waals surface area contributed by atoms with Crippen LogP contribution in [-0.2, 0) is 23.9 Å². The van der Waals surface area contributed by atoms with Gasteiger partial charge < -0.3 is 4.55 Å². The molecule has 1 unspecified atom stereocenters. The largest absolute Gasteiger partial charge is 0.772 e. The zero-order valence-electron chi connectivity index (χ0n) is 13.2. The molecule has 0 aliphatic carbocycles. The fraction of sp³-hybridized carbons (Fsp3) is 0.222. The number of benzene rings is 1. The Labute approximate surface area is 142 Å². The van der Waals surface area contributed by atoms with Gasteiger partial charge in [-0.05, 0) is 42.3 Å². The van der Waals surface area contributed by atoms with Crippen LogP contribution in [0.5, 0.6) is 0 Å². The first-order chi connectivity index (χ1) is 11.6. The van der Waals surface area contributed by atoms with Gasteiger partial charge in [0.25, 0.3) is 0 Å². The van der Waals surface area contributed by atoms with Crippen molar-refractivity contribution < 1.29 is 8.76 Å². The van der Waals surface area contributed by atoms with E-state index < -0.39 is 11.1 Å². The average molecular weight is 338 g/mol. The maximum Gasteiger partial charge on any atom is 0.0991 e. The maximum absolute atomic E-state index is 10.9. The minimum atomic E-state index is -2.09. The van der Waals surface area contributed by atoms with Gasteiger partial charge in [-0.3, -0.25) is 4.21 Å². The highest BCUT2D eigenvalue weighted by atomic mass is 32.2. The number of nitrogens with zero attached hydrogens (tertiary/aromatic N) is 3. The molecule has 5 nitrogen and oxygen atoms in total. The summed E-state index contributed by atoms with van der Waals surface area (Å²) in [6.45, 7) is 2.06. The summed E-state index contributed by atoms with van der Waals surface area (Å²) in [6.07, 6.45) is 1.21. The van der Waals surface area contributed by atoms with Crippen LogP contribution in [-0.4, -0.2) is 24.1 Å². The van der Waals surface area contributed by atoms with Crippen LogP contribution >= 0.6 is 0 Å². The van der Waals surface area contributed by atoms with Crippen LogP contribution in [0.3, 0.4) is 0 Å². The molecule has 0 aliphatic rings. The van der Waals surface area contributed by atoms with Gasteiger partial charge in [0.2, 0.25) is 0 Å². The highest BCUT2D eigenvalue weighted by Gasteiger charge is 2.11. The first-order valence-corrected chi connectivity index (χ1v) is 8.93. The van der Waals surface area contributed by atoms with E-state index in [1.54, 1.807) is 12.1 Å². The third kappa shape index (κ3) is 3.23. The molecule has 0 radical (unpaired) electrons. The van der Waals surface area contributed by atoms with Crippen molar-refractivity contribution in [2.45, 2.75) is 19.8 Å². The van der Waals surface area contributed by atoms with Crippen LogP contribution in [0, 0.1) is 11.3 Å². The van der Waals surface area contributed by atoms with Gasteiger partial charge >= 0.3 is 0 Å². The number of hydrogen-bond acceptors (Lipinski definition) is 4. The Bertz CT molecular complexity index is 939. The summed E-state index contributed by atoms with van der Waals surface area (Å²) >= 11 is -2.09. The van der Waals surface area contributed by atoms with E-state index in [0.29, 0.717) is 12.0 Å². The predicted molar refractivity (Wildman–Crippen MR) is 92.2 cm³/mol. The first kappa shape index (κ1) is 16.4. The zero-order valence-corrected chi connectivity index (χ0v) is 14.0. The van der Waals surface area contributed by atoms with E-state index in [-0.39, 0.29) is 5.75 Å². The van der Waals surface area contributed by atoms with Gasteiger partial charge in [0.05, 0.1) is 22.8 Å². The van der Waals surface area contributed by atoms with E-state index in [1.807, 2.05) is 34.8 Å². The molecule has 0 spiro atoms. The molecule has 0 bridgehead atoms. The lowest BCUT2D eigenvalue weighted by molar-refractivity contribution is 0.536. The third-order valence-electron chi connectivity index (χ3n) is 3.96. The van der Waals surface area contributed by atoms with Gasteiger partial charge in [-0.25, -0.2) is 4.52 Å². The van der Waals surface area contributed by atoms with Crippen molar-refractivity contribution in [2.75, 3.05) is 5.75 Å². The molecule has 2 heterocycles. The Morgan fingerprint density at radius 1 is 1.25 bits per heavy atom. The maximum atomic E-state index is 10.9. The van der Waals surface area contributed by atoms with Crippen molar-refractivity contribution in [3.8, 4) is 17.2 Å². The Balaban J connectivity index is 2.14. The van der Waals surface area contributed by atoms with E-state index >= 15 is 0 Å². The number of hydrogen-bond donors (Lipinski definition) is 0. The fourth-order valence-electron chi connectivity index (χ4n) is 2.72. The predicted octanol–water partition coefficient (Wildman–Crippen LogP) is 2.86. The lowest BCUT2D eigenvalue weighted by Gasteiger charge is -2.11. The Kier molecular flexibility index (Phi) is 4.74.